The van der Waals surface area contributed by atoms with E-state index >= 15 is 4.79 Å². The predicted molar refractivity (Wildman–Crippen MR) is 285 cm³/mol. The lowest BCUT2D eigenvalue weighted by molar-refractivity contribution is -0.385. The molecule has 27 nitrogen and oxygen atoms in total. The molecule has 5 heterocycles. The number of fused-ring (bicyclic) bond motifs is 7. The third-order valence-corrected chi connectivity index (χ3v) is 23.2. The highest BCUT2D eigenvalue weighted by atomic mass is 16.8. The number of hydrogen-bond acceptors (Lipinski definition) is 27. The number of carbonyl (C=O) groups is 1. The monoisotopic (exact) mass is 1220 g/mol. The summed E-state index contributed by atoms with van der Waals surface area (Å²) >= 11 is 0. The molecule has 4 saturated carbocycles. The summed E-state index contributed by atoms with van der Waals surface area (Å²) < 4.78 is 60.0. The zero-order valence-electron chi connectivity index (χ0n) is 49.3. The third kappa shape index (κ3) is 10.9. The molecule has 0 unspecified atom stereocenters. The van der Waals surface area contributed by atoms with Gasteiger partial charge in [0.15, 0.2) is 25.2 Å². The molecule has 16 N–H and O–H groups in total. The summed E-state index contributed by atoms with van der Waals surface area (Å²) in [5.41, 5.74) is -3.67. The van der Waals surface area contributed by atoms with Crippen molar-refractivity contribution in [3.63, 3.8) is 0 Å². The minimum atomic E-state index is -1.92. The second-order valence-corrected chi connectivity index (χ2v) is 27.9. The second kappa shape index (κ2) is 24.4. The van der Waals surface area contributed by atoms with Crippen LogP contribution in [0, 0.1) is 50.7 Å². The summed E-state index contributed by atoms with van der Waals surface area (Å²) in [5.74, 6) is -1.67. The molecule has 488 valence electrons. The second-order valence-electron chi connectivity index (χ2n) is 27.9. The molecule has 5 aliphatic carbocycles. The Balaban J connectivity index is 0.886. The van der Waals surface area contributed by atoms with Gasteiger partial charge >= 0.3 is 5.97 Å². The van der Waals surface area contributed by atoms with Gasteiger partial charge < -0.3 is 129 Å². The lowest BCUT2D eigenvalue weighted by atomic mass is 9.33. The first-order valence-corrected chi connectivity index (χ1v) is 30.3. The van der Waals surface area contributed by atoms with E-state index in [9.17, 15) is 81.7 Å². The summed E-state index contributed by atoms with van der Waals surface area (Å²) in [5, 5.41) is 173. The van der Waals surface area contributed by atoms with Crippen molar-refractivity contribution in [2.24, 2.45) is 50.7 Å². The standard InChI is InChI=1S/C58H94O27/c1-23-10-15-58(52(74)85-50-43(73)39(69)36(66)29(81-50)22-78-47-41(71)37(67)34(64)27(18-59)79-47)17-16-55(5)24(46(58)57(23,7)75)8-9-31-54(4)13-12-32(53(2,3)30(54)11-14-56(31,55)6)82-51-45(84-49-42(72)38(68)35(65)28(19-60)80-49)44(26(62)21-77-51)83-48-40(70)33(63)25(61)20-76-48/h8,23,25-51,59-73,75H,9-22H2,1-7H3/t23-,25+,26+,27-,28-,29-,30+,31-,32+,33+,34-,35-,36-,37+,38+,39+,40-,41-,42-,43-,44+,45-,46-,47-,48+,49+,50+,51+,54+,55-,56-,57-,58+/m1/s1. The maximum absolute atomic E-state index is 15.2. The maximum atomic E-state index is 15.2. The number of ether oxygens (including phenoxy) is 10. The van der Waals surface area contributed by atoms with Crippen molar-refractivity contribution in [1.82, 2.24) is 0 Å². The SMILES string of the molecule is C[C@@H]1CC[C@]2(C(=O)O[C@@H]3O[C@H](CO[C@@H]4O[C@H](CO)[C@@H](O)[C@H](O)[C@H]4O)[C@@H](O)[C@H](O)[C@H]3O)CC[C@]3(C)C(=CC[C@@H]4[C@@]5(C)CC[C@H](O[C@@H]6OC[C@H](O)[C@H](O[C@@H]7OC[C@H](O)[C@H](O)[C@H]7O)[C@H]6O[C@@H]6O[C@H](CO)[C@@H](O)[C@H](O)[C@H]6O)C(C)(C)[C@@H]5CC[C@]43C)[C@@H]2[C@]1(C)O. The van der Waals surface area contributed by atoms with Crippen LogP contribution in [0.3, 0.4) is 0 Å². The molecule has 0 aromatic heterocycles. The molecular formula is C58H94O27. The Morgan fingerprint density at radius 1 is 0.553 bits per heavy atom. The average Bonchev–Trinajstić information content (AvgIpc) is 0.680. The van der Waals surface area contributed by atoms with Gasteiger partial charge in [0.1, 0.15) is 110 Å². The molecule has 0 aromatic carbocycles. The van der Waals surface area contributed by atoms with Gasteiger partial charge in [-0.05, 0) is 104 Å². The Bertz CT molecular complexity index is 2360. The van der Waals surface area contributed by atoms with Crippen LogP contribution in [0.4, 0.5) is 0 Å². The van der Waals surface area contributed by atoms with Crippen LogP contribution in [-0.4, -0.2) is 274 Å². The Morgan fingerprint density at radius 2 is 1.11 bits per heavy atom. The van der Waals surface area contributed by atoms with Crippen LogP contribution in [0.1, 0.15) is 106 Å². The first kappa shape index (κ1) is 66.1. The number of rotatable bonds is 13. The van der Waals surface area contributed by atoms with E-state index < -0.39 is 208 Å². The molecule has 85 heavy (non-hydrogen) atoms. The molecule has 10 aliphatic rings. The van der Waals surface area contributed by atoms with E-state index in [1.807, 2.05) is 6.92 Å². The lowest BCUT2D eigenvalue weighted by Crippen LogP contribution is -2.68. The molecule has 33 atom stereocenters. The van der Waals surface area contributed by atoms with Crippen molar-refractivity contribution < 1.29 is 134 Å². The van der Waals surface area contributed by atoms with Crippen LogP contribution >= 0.6 is 0 Å². The molecule has 9 fully saturated rings. The topological polar surface area (TPSA) is 433 Å². The summed E-state index contributed by atoms with van der Waals surface area (Å²) in [7, 11) is 0. The van der Waals surface area contributed by atoms with E-state index in [4.69, 9.17) is 47.4 Å². The number of allylic oxidation sites excluding steroid dienone is 1. The highest BCUT2D eigenvalue weighted by Crippen LogP contribution is 2.76. The molecule has 0 amide bonds. The fourth-order valence-electron chi connectivity index (χ4n) is 17.6. The summed E-state index contributed by atoms with van der Waals surface area (Å²) in [4.78, 5) is 15.2. The summed E-state index contributed by atoms with van der Waals surface area (Å²) in [6.07, 6.45) is -31.4. The van der Waals surface area contributed by atoms with E-state index in [-0.39, 0.29) is 41.6 Å². The predicted octanol–water partition coefficient (Wildman–Crippen LogP) is -3.96. The smallest absolute Gasteiger partial charge is 0.315 e. The van der Waals surface area contributed by atoms with Crippen molar-refractivity contribution in [2.75, 3.05) is 33.0 Å². The highest BCUT2D eigenvalue weighted by molar-refractivity contribution is 5.79. The summed E-state index contributed by atoms with van der Waals surface area (Å²) in [6.45, 7) is 12.0. The van der Waals surface area contributed by atoms with Crippen molar-refractivity contribution in [3.05, 3.63) is 11.6 Å². The molecule has 5 saturated heterocycles. The minimum Gasteiger partial charge on any atom is -0.432 e. The zero-order chi connectivity index (χ0) is 62.0. The van der Waals surface area contributed by atoms with Crippen LogP contribution in [-0.2, 0) is 52.2 Å². The molecule has 0 bridgehead atoms. The van der Waals surface area contributed by atoms with Gasteiger partial charge in [-0.25, -0.2) is 0 Å². The van der Waals surface area contributed by atoms with Gasteiger partial charge in [0.2, 0.25) is 6.29 Å². The van der Waals surface area contributed by atoms with Crippen LogP contribution in [0.15, 0.2) is 11.6 Å². The van der Waals surface area contributed by atoms with E-state index in [2.05, 4.69) is 40.7 Å². The Kier molecular flexibility index (Phi) is 18.9. The van der Waals surface area contributed by atoms with Gasteiger partial charge in [0.05, 0.1) is 50.2 Å². The summed E-state index contributed by atoms with van der Waals surface area (Å²) in [6, 6.07) is 0. The van der Waals surface area contributed by atoms with Crippen LogP contribution < -0.4 is 0 Å². The van der Waals surface area contributed by atoms with Gasteiger partial charge in [0.25, 0.3) is 0 Å². The number of hydrogen-bond donors (Lipinski definition) is 16. The fourth-order valence-corrected chi connectivity index (χ4v) is 17.6. The van der Waals surface area contributed by atoms with Gasteiger partial charge in [-0.2, -0.15) is 0 Å². The maximum Gasteiger partial charge on any atom is 0.315 e. The first-order chi connectivity index (χ1) is 39.8. The van der Waals surface area contributed by atoms with Crippen LogP contribution in [0.5, 0.6) is 0 Å². The van der Waals surface area contributed by atoms with E-state index in [0.717, 1.165) is 18.4 Å². The molecule has 0 radical (unpaired) electrons. The minimum absolute atomic E-state index is 0.0258. The Hall–Kier alpha value is -1.79. The fraction of sp³-hybridized carbons (Fsp3) is 0.948. The van der Waals surface area contributed by atoms with Gasteiger partial charge in [-0.15, -0.1) is 0 Å². The number of carbonyl (C=O) groups excluding carboxylic acids is 1. The Morgan fingerprint density at radius 3 is 1.75 bits per heavy atom. The normalized spacial score (nSPS) is 55.3. The van der Waals surface area contributed by atoms with Gasteiger partial charge in [-0.3, -0.25) is 4.79 Å². The Labute approximate surface area is 493 Å². The van der Waals surface area contributed by atoms with Gasteiger partial charge in [-0.1, -0.05) is 53.2 Å². The molecule has 10 rings (SSSR count). The molecule has 27 heteroatoms. The molecule has 0 aromatic rings. The van der Waals surface area contributed by atoms with Crippen molar-refractivity contribution in [2.45, 2.75) is 259 Å². The highest BCUT2D eigenvalue weighted by Gasteiger charge is 2.72. The number of aliphatic hydroxyl groups excluding tert-OH is 15. The number of aliphatic hydroxyl groups is 16. The van der Waals surface area contributed by atoms with Crippen LogP contribution in [0.2, 0.25) is 0 Å². The van der Waals surface area contributed by atoms with Crippen molar-refractivity contribution >= 4 is 5.97 Å². The molecule has 0 spiro atoms. The average molecular weight is 1220 g/mol. The van der Waals surface area contributed by atoms with E-state index in [1.54, 1.807) is 6.92 Å². The quantitative estimate of drug-likeness (QED) is 0.0475. The van der Waals surface area contributed by atoms with Gasteiger partial charge in [0, 0.05) is 5.92 Å². The zero-order valence-corrected chi connectivity index (χ0v) is 49.3. The van der Waals surface area contributed by atoms with Crippen molar-refractivity contribution in [1.29, 1.82) is 0 Å². The van der Waals surface area contributed by atoms with E-state index in [0.29, 0.717) is 38.5 Å². The van der Waals surface area contributed by atoms with Crippen LogP contribution in [0.25, 0.3) is 0 Å². The number of esters is 1. The molecule has 5 aliphatic heterocycles. The molecular weight excluding hydrogens is 1130 g/mol. The largest absolute Gasteiger partial charge is 0.432 e. The first-order valence-electron chi connectivity index (χ1n) is 30.3. The lowest BCUT2D eigenvalue weighted by Gasteiger charge is -2.72. The van der Waals surface area contributed by atoms with Crippen molar-refractivity contribution in [3.8, 4) is 0 Å². The third-order valence-electron chi connectivity index (χ3n) is 23.2. The van der Waals surface area contributed by atoms with E-state index in [1.165, 1.54) is 0 Å².